The molecule has 1 aliphatic heterocycles. The van der Waals surface area contributed by atoms with Crippen molar-refractivity contribution in [2.75, 3.05) is 18.4 Å². The molecule has 0 atom stereocenters. The molecule has 0 unspecified atom stereocenters. The highest BCUT2D eigenvalue weighted by molar-refractivity contribution is 7.89. The third-order valence-electron chi connectivity index (χ3n) is 5.58. The monoisotopic (exact) mass is 513 g/mol. The summed E-state index contributed by atoms with van der Waals surface area (Å²) in [6, 6.07) is 8.11. The first-order valence-electron chi connectivity index (χ1n) is 10.5. The smallest absolute Gasteiger partial charge is 0.406 e. The van der Waals surface area contributed by atoms with E-state index in [2.05, 4.69) is 15.0 Å². The van der Waals surface area contributed by atoms with Crippen LogP contribution in [0.15, 0.2) is 41.3 Å². The number of thiazole rings is 1. The summed E-state index contributed by atoms with van der Waals surface area (Å²) in [5.74, 6) is -1.08. The standard InChI is InChI=1S/C22H22F3N3O4S2/c1-13-11-14(2)19-18(12-13)33-21(26-19)27-20(29)15-7-9-28(10-8-15)34(30,31)17-5-3-16(4-6-17)32-22(23,24)25/h3-6,11-12,15H,7-10H2,1-2H3,(H,26,27,29). The number of ether oxygens (including phenoxy) is 1. The molecule has 0 saturated carbocycles. The van der Waals surface area contributed by atoms with Crippen LogP contribution in [0.25, 0.3) is 10.2 Å². The number of piperidine rings is 1. The minimum Gasteiger partial charge on any atom is -0.406 e. The first-order valence-corrected chi connectivity index (χ1v) is 12.7. The number of carbonyl (C=O) groups excluding carboxylic acids is 1. The van der Waals surface area contributed by atoms with E-state index in [0.29, 0.717) is 18.0 Å². The summed E-state index contributed by atoms with van der Waals surface area (Å²) >= 11 is 1.39. The van der Waals surface area contributed by atoms with E-state index in [1.54, 1.807) is 0 Å². The van der Waals surface area contributed by atoms with E-state index in [-0.39, 0.29) is 29.8 Å². The Morgan fingerprint density at radius 3 is 2.41 bits per heavy atom. The van der Waals surface area contributed by atoms with Gasteiger partial charge >= 0.3 is 6.36 Å². The van der Waals surface area contributed by atoms with Crippen LogP contribution in [0.4, 0.5) is 18.3 Å². The van der Waals surface area contributed by atoms with Gasteiger partial charge in [-0.2, -0.15) is 4.31 Å². The number of hydrogen-bond acceptors (Lipinski definition) is 6. The minimum absolute atomic E-state index is 0.124. The van der Waals surface area contributed by atoms with Crippen molar-refractivity contribution in [1.29, 1.82) is 0 Å². The van der Waals surface area contributed by atoms with Crippen molar-refractivity contribution in [3.63, 3.8) is 0 Å². The van der Waals surface area contributed by atoms with Gasteiger partial charge in [-0.15, -0.1) is 13.2 Å². The van der Waals surface area contributed by atoms with E-state index >= 15 is 0 Å². The highest BCUT2D eigenvalue weighted by Gasteiger charge is 2.34. The molecule has 1 aromatic heterocycles. The molecule has 1 saturated heterocycles. The number of hydrogen-bond donors (Lipinski definition) is 1. The number of nitrogens with one attached hydrogen (secondary N) is 1. The van der Waals surface area contributed by atoms with Crippen LogP contribution in [0.5, 0.6) is 5.75 Å². The number of sulfonamides is 1. The summed E-state index contributed by atoms with van der Waals surface area (Å²) in [5, 5.41) is 3.36. The van der Waals surface area contributed by atoms with Gasteiger partial charge in [0.15, 0.2) is 5.13 Å². The largest absolute Gasteiger partial charge is 0.573 e. The highest BCUT2D eigenvalue weighted by Crippen LogP contribution is 2.31. The number of aryl methyl sites for hydroxylation is 2. The molecule has 1 aliphatic rings. The average Bonchev–Trinajstić information content (AvgIpc) is 3.15. The molecule has 1 amide bonds. The van der Waals surface area contributed by atoms with E-state index in [4.69, 9.17) is 0 Å². The van der Waals surface area contributed by atoms with Crippen molar-refractivity contribution in [1.82, 2.24) is 9.29 Å². The lowest BCUT2D eigenvalue weighted by Crippen LogP contribution is -2.41. The summed E-state index contributed by atoms with van der Waals surface area (Å²) in [6.45, 7) is 4.21. The van der Waals surface area contributed by atoms with Gasteiger partial charge in [-0.3, -0.25) is 4.79 Å². The van der Waals surface area contributed by atoms with Gasteiger partial charge in [-0.1, -0.05) is 17.4 Å². The van der Waals surface area contributed by atoms with E-state index in [9.17, 15) is 26.4 Å². The SMILES string of the molecule is Cc1cc(C)c2nc(NC(=O)C3CCN(S(=O)(=O)c4ccc(OC(F)(F)F)cc4)CC3)sc2c1. The molecular weight excluding hydrogens is 491 g/mol. The van der Waals surface area contributed by atoms with Gasteiger partial charge in [0.2, 0.25) is 15.9 Å². The molecule has 0 radical (unpaired) electrons. The number of anilines is 1. The van der Waals surface area contributed by atoms with Crippen LogP contribution >= 0.6 is 11.3 Å². The Balaban J connectivity index is 1.37. The quantitative estimate of drug-likeness (QED) is 0.527. The first-order chi connectivity index (χ1) is 15.9. The summed E-state index contributed by atoms with van der Waals surface area (Å²) in [6.07, 6.45) is -4.21. The molecule has 182 valence electrons. The Labute approximate surface area is 198 Å². The second kappa shape index (κ2) is 9.16. The lowest BCUT2D eigenvalue weighted by Gasteiger charge is -2.30. The molecule has 0 aliphatic carbocycles. The molecular formula is C22H22F3N3O4S2. The van der Waals surface area contributed by atoms with E-state index < -0.39 is 22.1 Å². The maximum absolute atomic E-state index is 12.9. The van der Waals surface area contributed by atoms with Crippen LogP contribution < -0.4 is 10.1 Å². The second-order valence-electron chi connectivity index (χ2n) is 8.13. The summed E-state index contributed by atoms with van der Waals surface area (Å²) in [7, 11) is -3.90. The fraction of sp³-hybridized carbons (Fsp3) is 0.364. The summed E-state index contributed by atoms with van der Waals surface area (Å²) < 4.78 is 68.7. The van der Waals surface area contributed by atoms with Gasteiger partial charge in [0.25, 0.3) is 0 Å². The highest BCUT2D eigenvalue weighted by atomic mass is 32.2. The molecule has 34 heavy (non-hydrogen) atoms. The van der Waals surface area contributed by atoms with Crippen molar-refractivity contribution in [3.8, 4) is 5.75 Å². The van der Waals surface area contributed by atoms with Crippen molar-refractivity contribution >= 4 is 42.6 Å². The van der Waals surface area contributed by atoms with Crippen LogP contribution in [0.1, 0.15) is 24.0 Å². The molecule has 3 aromatic rings. The first kappa shape index (κ1) is 24.4. The van der Waals surface area contributed by atoms with Crippen LogP contribution in [0.3, 0.4) is 0 Å². The number of carbonyl (C=O) groups is 1. The molecule has 12 heteroatoms. The molecule has 1 N–H and O–H groups in total. The maximum atomic E-state index is 12.9. The third kappa shape index (κ3) is 5.34. The lowest BCUT2D eigenvalue weighted by atomic mass is 9.97. The lowest BCUT2D eigenvalue weighted by molar-refractivity contribution is -0.274. The Hall–Kier alpha value is -2.70. The fourth-order valence-electron chi connectivity index (χ4n) is 3.95. The minimum atomic E-state index is -4.86. The zero-order chi connectivity index (χ0) is 24.7. The fourth-order valence-corrected chi connectivity index (χ4v) is 6.47. The van der Waals surface area contributed by atoms with E-state index in [1.165, 1.54) is 15.6 Å². The van der Waals surface area contributed by atoms with Gasteiger partial charge in [-0.05, 0) is 68.1 Å². The molecule has 0 spiro atoms. The number of rotatable bonds is 5. The number of halogens is 3. The number of benzene rings is 2. The summed E-state index contributed by atoms with van der Waals surface area (Å²) in [4.78, 5) is 17.1. The Bertz CT molecular complexity index is 1310. The number of nitrogens with zero attached hydrogens (tertiary/aromatic N) is 2. The van der Waals surface area contributed by atoms with Gasteiger partial charge in [0, 0.05) is 19.0 Å². The van der Waals surface area contributed by atoms with Crippen molar-refractivity contribution in [2.24, 2.45) is 5.92 Å². The van der Waals surface area contributed by atoms with Crippen LogP contribution in [0, 0.1) is 19.8 Å². The van der Waals surface area contributed by atoms with Gasteiger partial charge in [0.05, 0.1) is 15.1 Å². The molecule has 2 aromatic carbocycles. The Morgan fingerprint density at radius 2 is 1.79 bits per heavy atom. The number of alkyl halides is 3. The van der Waals surface area contributed by atoms with Gasteiger partial charge < -0.3 is 10.1 Å². The summed E-state index contributed by atoms with van der Waals surface area (Å²) in [5.41, 5.74) is 2.99. The van der Waals surface area contributed by atoms with Crippen LogP contribution in [-0.4, -0.2) is 43.1 Å². The predicted molar refractivity (Wildman–Crippen MR) is 122 cm³/mol. The third-order valence-corrected chi connectivity index (χ3v) is 8.41. The zero-order valence-corrected chi connectivity index (χ0v) is 20.0. The number of fused-ring (bicyclic) bond motifs is 1. The average molecular weight is 514 g/mol. The van der Waals surface area contributed by atoms with Crippen LogP contribution in [-0.2, 0) is 14.8 Å². The van der Waals surface area contributed by atoms with E-state index in [0.717, 1.165) is 45.6 Å². The van der Waals surface area contributed by atoms with Crippen molar-refractivity contribution in [3.05, 3.63) is 47.5 Å². The molecule has 0 bridgehead atoms. The van der Waals surface area contributed by atoms with Crippen LogP contribution in [0.2, 0.25) is 0 Å². The zero-order valence-electron chi connectivity index (χ0n) is 18.3. The molecule has 1 fully saturated rings. The van der Waals surface area contributed by atoms with Crippen molar-refractivity contribution in [2.45, 2.75) is 37.9 Å². The molecule has 4 rings (SSSR count). The topological polar surface area (TPSA) is 88.6 Å². The number of aromatic nitrogens is 1. The maximum Gasteiger partial charge on any atom is 0.573 e. The van der Waals surface area contributed by atoms with Crippen molar-refractivity contribution < 1.29 is 31.1 Å². The second-order valence-corrected chi connectivity index (χ2v) is 11.1. The molecule has 2 heterocycles. The molecule has 7 nitrogen and oxygen atoms in total. The van der Waals surface area contributed by atoms with E-state index in [1.807, 2.05) is 26.0 Å². The Morgan fingerprint density at radius 1 is 1.15 bits per heavy atom. The normalized spacial score (nSPS) is 16.0. The number of amides is 1. The van der Waals surface area contributed by atoms with Gasteiger partial charge in [0.1, 0.15) is 5.75 Å². The van der Waals surface area contributed by atoms with Gasteiger partial charge in [-0.25, -0.2) is 13.4 Å². The predicted octanol–water partition coefficient (Wildman–Crippen LogP) is 4.85. The Kier molecular flexibility index (Phi) is 6.58.